The van der Waals surface area contributed by atoms with E-state index in [2.05, 4.69) is 0 Å². The Morgan fingerprint density at radius 3 is 2.50 bits per heavy atom. The van der Waals surface area contributed by atoms with Crippen molar-refractivity contribution in [1.82, 2.24) is 4.90 Å². The van der Waals surface area contributed by atoms with Crippen molar-refractivity contribution in [2.75, 3.05) is 13.1 Å². The Bertz CT molecular complexity index is 438. The second-order valence-electron chi connectivity index (χ2n) is 4.59. The molecule has 0 saturated carbocycles. The third kappa shape index (κ3) is 3.04. The van der Waals surface area contributed by atoms with Gasteiger partial charge >= 0.3 is 5.97 Å². The van der Waals surface area contributed by atoms with E-state index in [1.807, 2.05) is 4.90 Å². The fraction of sp³-hybridized carbons (Fsp3) is 0.462. The van der Waals surface area contributed by atoms with Gasteiger partial charge in [-0.15, -0.1) is 0 Å². The lowest BCUT2D eigenvalue weighted by molar-refractivity contribution is -0.0567. The van der Waals surface area contributed by atoms with Gasteiger partial charge in [0.25, 0.3) is 5.92 Å². The van der Waals surface area contributed by atoms with Crippen LogP contribution >= 0.6 is 0 Å². The highest BCUT2D eigenvalue weighted by Crippen LogP contribution is 2.28. The number of hydrogen-bond donors (Lipinski definition) is 1. The van der Waals surface area contributed by atoms with Crippen LogP contribution in [0.3, 0.4) is 0 Å². The number of alkyl halides is 2. The largest absolute Gasteiger partial charge is 0.478 e. The first-order valence-electron chi connectivity index (χ1n) is 5.89. The Kier molecular flexibility index (Phi) is 3.61. The quantitative estimate of drug-likeness (QED) is 0.902. The SMILES string of the molecule is O=C(O)c1ccccc1CN1CCC(F)(F)CC1. The van der Waals surface area contributed by atoms with Crippen LogP contribution in [0.15, 0.2) is 24.3 Å². The van der Waals surface area contributed by atoms with Gasteiger partial charge in [0.15, 0.2) is 0 Å². The molecule has 0 unspecified atom stereocenters. The number of carbonyl (C=O) groups is 1. The highest BCUT2D eigenvalue weighted by molar-refractivity contribution is 5.89. The van der Waals surface area contributed by atoms with E-state index in [0.29, 0.717) is 25.2 Å². The summed E-state index contributed by atoms with van der Waals surface area (Å²) in [6.07, 6.45) is -0.301. The number of aromatic carboxylic acids is 1. The second-order valence-corrected chi connectivity index (χ2v) is 4.59. The molecule has 0 amide bonds. The summed E-state index contributed by atoms with van der Waals surface area (Å²) in [5, 5.41) is 9.04. The summed E-state index contributed by atoms with van der Waals surface area (Å²) in [6.45, 7) is 1.03. The molecule has 0 radical (unpaired) electrons. The van der Waals surface area contributed by atoms with Crippen LogP contribution in [0.25, 0.3) is 0 Å². The molecule has 1 saturated heterocycles. The van der Waals surface area contributed by atoms with Crippen molar-refractivity contribution < 1.29 is 18.7 Å². The third-order valence-electron chi connectivity index (χ3n) is 3.23. The maximum atomic E-state index is 13.0. The van der Waals surface area contributed by atoms with Crippen LogP contribution in [0.1, 0.15) is 28.8 Å². The van der Waals surface area contributed by atoms with Gasteiger partial charge in [0.1, 0.15) is 0 Å². The summed E-state index contributed by atoms with van der Waals surface area (Å²) in [5.41, 5.74) is 0.921. The smallest absolute Gasteiger partial charge is 0.336 e. The van der Waals surface area contributed by atoms with E-state index in [9.17, 15) is 13.6 Å². The molecule has 0 aliphatic carbocycles. The topological polar surface area (TPSA) is 40.5 Å². The number of carboxylic acids is 1. The van der Waals surface area contributed by atoms with Gasteiger partial charge in [-0.05, 0) is 11.6 Å². The number of benzene rings is 1. The summed E-state index contributed by atoms with van der Waals surface area (Å²) in [4.78, 5) is 12.9. The minimum absolute atomic E-state index is 0.151. The van der Waals surface area contributed by atoms with Crippen LogP contribution in [0.5, 0.6) is 0 Å². The molecule has 3 nitrogen and oxygen atoms in total. The summed E-state index contributed by atoms with van der Waals surface area (Å²) < 4.78 is 26.0. The van der Waals surface area contributed by atoms with Gasteiger partial charge in [0.05, 0.1) is 5.56 Å². The number of hydrogen-bond acceptors (Lipinski definition) is 2. The third-order valence-corrected chi connectivity index (χ3v) is 3.23. The Balaban J connectivity index is 2.04. The molecule has 1 fully saturated rings. The molecule has 98 valence electrons. The van der Waals surface area contributed by atoms with Gasteiger partial charge < -0.3 is 5.11 Å². The molecule has 1 aliphatic heterocycles. The Morgan fingerprint density at radius 1 is 1.28 bits per heavy atom. The minimum atomic E-state index is -2.57. The van der Waals surface area contributed by atoms with Crippen LogP contribution in [-0.2, 0) is 6.54 Å². The normalized spacial score (nSPS) is 19.7. The van der Waals surface area contributed by atoms with Crippen LogP contribution in [-0.4, -0.2) is 35.0 Å². The van der Waals surface area contributed by atoms with E-state index < -0.39 is 11.9 Å². The molecule has 0 atom stereocenters. The molecule has 0 bridgehead atoms. The molecule has 1 N–H and O–H groups in total. The van der Waals surface area contributed by atoms with Crippen molar-refractivity contribution in [2.45, 2.75) is 25.3 Å². The van der Waals surface area contributed by atoms with Gasteiger partial charge in [-0.2, -0.15) is 0 Å². The first kappa shape index (κ1) is 13.0. The maximum Gasteiger partial charge on any atom is 0.336 e. The van der Waals surface area contributed by atoms with E-state index >= 15 is 0 Å². The predicted octanol–water partition coefficient (Wildman–Crippen LogP) is 2.62. The zero-order chi connectivity index (χ0) is 13.2. The Morgan fingerprint density at radius 2 is 1.89 bits per heavy atom. The molecule has 1 aromatic carbocycles. The number of likely N-dealkylation sites (tertiary alicyclic amines) is 1. The molecule has 1 aromatic rings. The van der Waals surface area contributed by atoms with Crippen LogP contribution in [0.4, 0.5) is 8.78 Å². The molecule has 1 heterocycles. The fourth-order valence-electron chi connectivity index (χ4n) is 2.15. The Hall–Kier alpha value is -1.49. The van der Waals surface area contributed by atoms with Gasteiger partial charge in [-0.25, -0.2) is 13.6 Å². The predicted molar refractivity (Wildman–Crippen MR) is 62.9 cm³/mol. The molecule has 18 heavy (non-hydrogen) atoms. The van der Waals surface area contributed by atoms with E-state index in [1.165, 1.54) is 6.07 Å². The van der Waals surface area contributed by atoms with Gasteiger partial charge in [-0.1, -0.05) is 18.2 Å². The van der Waals surface area contributed by atoms with E-state index in [4.69, 9.17) is 5.11 Å². The first-order chi connectivity index (χ1) is 8.48. The highest BCUT2D eigenvalue weighted by atomic mass is 19.3. The zero-order valence-corrected chi connectivity index (χ0v) is 9.90. The summed E-state index contributed by atoms with van der Waals surface area (Å²) >= 11 is 0. The summed E-state index contributed by atoms with van der Waals surface area (Å²) in [5.74, 6) is -3.55. The summed E-state index contributed by atoms with van der Waals surface area (Å²) in [6, 6.07) is 6.70. The average Bonchev–Trinajstić information content (AvgIpc) is 2.32. The number of piperidine rings is 1. The van der Waals surface area contributed by atoms with Crippen molar-refractivity contribution >= 4 is 5.97 Å². The van der Waals surface area contributed by atoms with Gasteiger partial charge in [0.2, 0.25) is 0 Å². The molecule has 5 heteroatoms. The highest BCUT2D eigenvalue weighted by Gasteiger charge is 2.34. The molecule has 0 aromatic heterocycles. The van der Waals surface area contributed by atoms with E-state index in [-0.39, 0.29) is 18.4 Å². The molecule has 2 rings (SSSR count). The van der Waals surface area contributed by atoms with Crippen LogP contribution in [0, 0.1) is 0 Å². The van der Waals surface area contributed by atoms with Crippen molar-refractivity contribution in [1.29, 1.82) is 0 Å². The monoisotopic (exact) mass is 255 g/mol. The van der Waals surface area contributed by atoms with Gasteiger partial charge in [0, 0.05) is 32.5 Å². The lowest BCUT2D eigenvalue weighted by atomic mass is 10.0. The lowest BCUT2D eigenvalue weighted by Gasteiger charge is -2.31. The zero-order valence-electron chi connectivity index (χ0n) is 9.90. The molecular weight excluding hydrogens is 240 g/mol. The summed E-state index contributed by atoms with van der Waals surface area (Å²) in [7, 11) is 0. The maximum absolute atomic E-state index is 13.0. The first-order valence-corrected chi connectivity index (χ1v) is 5.89. The second kappa shape index (κ2) is 5.02. The minimum Gasteiger partial charge on any atom is -0.478 e. The number of carboxylic acid groups (broad SMARTS) is 1. The van der Waals surface area contributed by atoms with Crippen molar-refractivity contribution in [3.63, 3.8) is 0 Å². The van der Waals surface area contributed by atoms with E-state index in [1.54, 1.807) is 18.2 Å². The van der Waals surface area contributed by atoms with Crippen molar-refractivity contribution in [3.05, 3.63) is 35.4 Å². The average molecular weight is 255 g/mol. The molecule has 0 spiro atoms. The molecular formula is C13H15F2NO2. The van der Waals surface area contributed by atoms with Gasteiger partial charge in [-0.3, -0.25) is 4.90 Å². The fourth-order valence-corrected chi connectivity index (χ4v) is 2.15. The number of rotatable bonds is 3. The standard InChI is InChI=1S/C13H15F2NO2/c14-13(15)5-7-16(8-6-13)9-10-3-1-2-4-11(10)12(17)18/h1-4H,5-9H2,(H,17,18). The number of nitrogens with zero attached hydrogens (tertiary/aromatic N) is 1. The van der Waals surface area contributed by atoms with Crippen LogP contribution < -0.4 is 0 Å². The van der Waals surface area contributed by atoms with Crippen molar-refractivity contribution in [3.8, 4) is 0 Å². The van der Waals surface area contributed by atoms with E-state index in [0.717, 1.165) is 0 Å². The van der Waals surface area contributed by atoms with Crippen molar-refractivity contribution in [2.24, 2.45) is 0 Å². The Labute approximate surface area is 104 Å². The lowest BCUT2D eigenvalue weighted by Crippen LogP contribution is -2.39. The van der Waals surface area contributed by atoms with Crippen LogP contribution in [0.2, 0.25) is 0 Å². The number of halogens is 2. The molecule has 1 aliphatic rings.